The van der Waals surface area contributed by atoms with Gasteiger partial charge in [0.15, 0.2) is 6.17 Å². The summed E-state index contributed by atoms with van der Waals surface area (Å²) in [5.74, 6) is -0.580. The molecule has 0 saturated carbocycles. The third-order valence-electron chi connectivity index (χ3n) is 2.56. The van der Waals surface area contributed by atoms with Crippen LogP contribution in [-0.2, 0) is 4.74 Å². The largest absolute Gasteiger partial charge is 0.436 e. The van der Waals surface area contributed by atoms with Crippen molar-refractivity contribution in [1.29, 1.82) is 0 Å². The van der Waals surface area contributed by atoms with Crippen LogP contribution in [0.25, 0.3) is 0 Å². The highest BCUT2D eigenvalue weighted by Crippen LogP contribution is 2.33. The summed E-state index contributed by atoms with van der Waals surface area (Å²) in [4.78, 5) is 13.3. The lowest BCUT2D eigenvalue weighted by molar-refractivity contribution is -0.398. The van der Waals surface area contributed by atoms with Gasteiger partial charge in [0.25, 0.3) is 0 Å². The summed E-state index contributed by atoms with van der Waals surface area (Å²) >= 11 is 0. The Hall–Kier alpha value is -1.58. The average Bonchev–Trinajstić information content (AvgIpc) is 2.86. The van der Waals surface area contributed by atoms with Crippen molar-refractivity contribution in [2.45, 2.75) is 24.6 Å². The summed E-state index contributed by atoms with van der Waals surface area (Å²) in [6.07, 6.45) is -3.52. The first-order valence-electron chi connectivity index (χ1n) is 4.82. The minimum Gasteiger partial charge on any atom is -0.394 e. The predicted octanol–water partition coefficient (Wildman–Crippen LogP) is -0.620. The van der Waals surface area contributed by atoms with Gasteiger partial charge in [0.05, 0.1) is 6.61 Å². The molecule has 1 saturated heterocycles. The van der Waals surface area contributed by atoms with E-state index in [-0.39, 0.29) is 0 Å². The van der Waals surface area contributed by atoms with E-state index in [1.54, 1.807) is 0 Å². The smallest absolute Gasteiger partial charge is 0.394 e. The molecule has 8 nitrogen and oxygen atoms in total. The molecule has 1 aromatic rings. The Morgan fingerprint density at radius 2 is 2.41 bits per heavy atom. The Morgan fingerprint density at radius 3 is 2.94 bits per heavy atom. The molecule has 0 aliphatic carbocycles. The van der Waals surface area contributed by atoms with Gasteiger partial charge in [-0.3, -0.25) is 0 Å². The van der Waals surface area contributed by atoms with E-state index in [1.807, 2.05) is 0 Å². The molecule has 0 spiro atoms. The molecule has 2 heterocycles. The summed E-state index contributed by atoms with van der Waals surface area (Å²) in [6, 6.07) is 0. The van der Waals surface area contributed by atoms with E-state index in [0.29, 0.717) is 0 Å². The van der Waals surface area contributed by atoms with E-state index in [2.05, 4.69) is 4.98 Å². The number of aliphatic hydroxyl groups excluding tert-OH is 2. The van der Waals surface area contributed by atoms with E-state index in [9.17, 15) is 19.6 Å². The molecule has 0 amide bonds. The fourth-order valence-electron chi connectivity index (χ4n) is 1.72. The predicted molar refractivity (Wildman–Crippen MR) is 50.8 cm³/mol. The molecule has 9 heteroatoms. The van der Waals surface area contributed by atoms with Crippen LogP contribution in [-0.4, -0.2) is 49.7 Å². The zero-order valence-corrected chi connectivity index (χ0v) is 8.51. The summed E-state index contributed by atoms with van der Waals surface area (Å²) in [5, 5.41) is 28.8. The van der Waals surface area contributed by atoms with Crippen molar-refractivity contribution in [3.63, 3.8) is 0 Å². The van der Waals surface area contributed by atoms with Gasteiger partial charge in [-0.1, -0.05) is 4.98 Å². The maximum atomic E-state index is 13.7. The number of imidazole rings is 1. The number of halogens is 1. The molecule has 2 N–H and O–H groups in total. The first kappa shape index (κ1) is 11.9. The summed E-state index contributed by atoms with van der Waals surface area (Å²) < 4.78 is 19.6. The molecule has 1 aromatic heterocycles. The Labute approximate surface area is 94.4 Å². The SMILES string of the molecule is O=[N+]([O-])c1nccn1[C@@H]1O[C@H](CO)[C@@H](O)[C@H]1F. The van der Waals surface area contributed by atoms with E-state index in [0.717, 1.165) is 10.8 Å². The molecule has 1 aliphatic heterocycles. The number of hydrogen-bond acceptors (Lipinski definition) is 6. The molecule has 0 aromatic carbocycles. The third-order valence-corrected chi connectivity index (χ3v) is 2.56. The zero-order chi connectivity index (χ0) is 12.6. The van der Waals surface area contributed by atoms with E-state index in [4.69, 9.17) is 9.84 Å². The highest BCUT2D eigenvalue weighted by molar-refractivity contribution is 5.10. The molecule has 2 rings (SSSR count). The lowest BCUT2D eigenvalue weighted by Gasteiger charge is -2.11. The Morgan fingerprint density at radius 1 is 1.71 bits per heavy atom. The molecule has 0 unspecified atom stereocenters. The van der Waals surface area contributed by atoms with Gasteiger partial charge in [0.2, 0.25) is 6.23 Å². The van der Waals surface area contributed by atoms with Crippen LogP contribution in [0.15, 0.2) is 12.4 Å². The first-order chi connectivity index (χ1) is 8.06. The van der Waals surface area contributed by atoms with Crippen LogP contribution in [0.3, 0.4) is 0 Å². The number of hydrogen-bond donors (Lipinski definition) is 2. The zero-order valence-electron chi connectivity index (χ0n) is 8.51. The van der Waals surface area contributed by atoms with Gasteiger partial charge >= 0.3 is 5.95 Å². The minimum atomic E-state index is -1.86. The van der Waals surface area contributed by atoms with Crippen molar-refractivity contribution in [3.05, 3.63) is 22.5 Å². The average molecular weight is 247 g/mol. The topological polar surface area (TPSA) is 111 Å². The van der Waals surface area contributed by atoms with Crippen molar-refractivity contribution < 1.29 is 24.3 Å². The number of rotatable bonds is 3. The number of aromatic nitrogens is 2. The molecular formula is C8H10FN3O5. The van der Waals surface area contributed by atoms with Gasteiger partial charge in [0, 0.05) is 0 Å². The highest BCUT2D eigenvalue weighted by atomic mass is 19.1. The van der Waals surface area contributed by atoms with Crippen LogP contribution in [0.5, 0.6) is 0 Å². The Balaban J connectivity index is 2.29. The van der Waals surface area contributed by atoms with Crippen molar-refractivity contribution in [2.24, 2.45) is 0 Å². The van der Waals surface area contributed by atoms with Crippen molar-refractivity contribution >= 4 is 5.95 Å². The van der Waals surface area contributed by atoms with E-state index in [1.165, 1.54) is 6.20 Å². The maximum absolute atomic E-state index is 13.7. The summed E-state index contributed by atoms with van der Waals surface area (Å²) in [5.41, 5.74) is 0. The monoisotopic (exact) mass is 247 g/mol. The van der Waals surface area contributed by atoms with Crippen LogP contribution in [0.4, 0.5) is 10.3 Å². The minimum absolute atomic E-state index is 0.569. The van der Waals surface area contributed by atoms with Crippen LogP contribution in [0, 0.1) is 10.1 Å². The summed E-state index contributed by atoms with van der Waals surface area (Å²) in [6.45, 7) is -0.569. The molecule has 4 atom stereocenters. The number of aliphatic hydroxyl groups is 2. The quantitative estimate of drug-likeness (QED) is 0.544. The Kier molecular flexibility index (Phi) is 3.05. The van der Waals surface area contributed by atoms with Crippen molar-refractivity contribution in [1.82, 2.24) is 9.55 Å². The van der Waals surface area contributed by atoms with Crippen LogP contribution in [0.1, 0.15) is 6.23 Å². The third kappa shape index (κ3) is 1.88. The molecule has 1 aliphatic rings. The van der Waals surface area contributed by atoms with Gasteiger partial charge in [-0.2, -0.15) is 4.57 Å². The molecule has 17 heavy (non-hydrogen) atoms. The van der Waals surface area contributed by atoms with Crippen LogP contribution >= 0.6 is 0 Å². The second-order valence-corrected chi connectivity index (χ2v) is 3.57. The molecule has 0 bridgehead atoms. The van der Waals surface area contributed by atoms with Gasteiger partial charge in [-0.15, -0.1) is 0 Å². The second kappa shape index (κ2) is 4.35. The van der Waals surface area contributed by atoms with E-state index >= 15 is 0 Å². The number of alkyl halides is 1. The normalized spacial score (nSPS) is 32.9. The van der Waals surface area contributed by atoms with Crippen LogP contribution in [0.2, 0.25) is 0 Å². The number of nitro groups is 1. The lowest BCUT2D eigenvalue weighted by atomic mass is 10.1. The van der Waals surface area contributed by atoms with E-state index < -0.39 is 42.1 Å². The van der Waals surface area contributed by atoms with Gasteiger partial charge < -0.3 is 25.1 Å². The van der Waals surface area contributed by atoms with Crippen LogP contribution < -0.4 is 0 Å². The molecule has 94 valence electrons. The second-order valence-electron chi connectivity index (χ2n) is 3.57. The fraction of sp³-hybridized carbons (Fsp3) is 0.625. The van der Waals surface area contributed by atoms with Crippen molar-refractivity contribution in [3.8, 4) is 0 Å². The van der Waals surface area contributed by atoms with Crippen molar-refractivity contribution in [2.75, 3.05) is 6.61 Å². The number of nitrogens with zero attached hydrogens (tertiary/aromatic N) is 3. The molecule has 1 fully saturated rings. The molecular weight excluding hydrogens is 237 g/mol. The Bertz CT molecular complexity index is 425. The number of ether oxygens (including phenoxy) is 1. The maximum Gasteiger partial charge on any atom is 0.436 e. The fourth-order valence-corrected chi connectivity index (χ4v) is 1.72. The van der Waals surface area contributed by atoms with Gasteiger partial charge in [0.1, 0.15) is 24.6 Å². The van der Waals surface area contributed by atoms with Gasteiger partial charge in [-0.05, 0) is 4.92 Å². The molecule has 0 radical (unpaired) electrons. The lowest BCUT2D eigenvalue weighted by Crippen LogP contribution is -2.30. The standard InChI is InChI=1S/C8H10FN3O5/c9-5-6(14)4(3-13)17-7(5)11-2-1-10-8(11)12(15)16/h1-2,4-7,13-14H,3H2/t4-,5-,6-,7-/m1/s1. The van der Waals surface area contributed by atoms with Gasteiger partial charge in [-0.25, -0.2) is 4.39 Å². The highest BCUT2D eigenvalue weighted by Gasteiger charge is 2.48. The first-order valence-corrected chi connectivity index (χ1v) is 4.82. The summed E-state index contributed by atoms with van der Waals surface area (Å²) in [7, 11) is 0.